The van der Waals surface area contributed by atoms with Crippen molar-refractivity contribution in [1.82, 2.24) is 25.0 Å². The quantitative estimate of drug-likeness (QED) is 0.521. The topological polar surface area (TPSA) is 112 Å². The molecule has 11 heteroatoms. The van der Waals surface area contributed by atoms with Gasteiger partial charge in [-0.15, -0.1) is 11.3 Å². The Morgan fingerprint density at radius 3 is 2.46 bits per heavy atom. The maximum atomic E-state index is 13.8. The van der Waals surface area contributed by atoms with Crippen molar-refractivity contribution >= 4 is 35.0 Å². The van der Waals surface area contributed by atoms with Crippen LogP contribution in [0, 0.1) is 28.6 Å². The fourth-order valence-corrected chi connectivity index (χ4v) is 7.32. The first-order chi connectivity index (χ1) is 18.6. The third kappa shape index (κ3) is 5.44. The molecule has 0 unspecified atom stereocenters. The molecule has 1 aliphatic carbocycles. The Balaban J connectivity index is 1.28. The number of nitrogens with zero attached hydrogens (tertiary/aromatic N) is 4. The van der Waals surface area contributed by atoms with E-state index in [0.717, 1.165) is 19.3 Å². The Bertz CT molecular complexity index is 1100. The molecule has 4 amide bonds. The molecule has 1 spiro atoms. The van der Waals surface area contributed by atoms with E-state index in [1.165, 1.54) is 11.3 Å². The van der Waals surface area contributed by atoms with Crippen molar-refractivity contribution in [2.45, 2.75) is 52.5 Å². The lowest BCUT2D eigenvalue weighted by Gasteiger charge is -2.50. The van der Waals surface area contributed by atoms with E-state index < -0.39 is 17.4 Å². The number of thiazole rings is 1. The van der Waals surface area contributed by atoms with Gasteiger partial charge in [-0.05, 0) is 37.0 Å². The molecule has 3 saturated heterocycles. The van der Waals surface area contributed by atoms with Crippen LogP contribution in [-0.4, -0.2) is 102 Å². The Morgan fingerprint density at radius 1 is 1.13 bits per heavy atom. The lowest BCUT2D eigenvalue weighted by molar-refractivity contribution is -0.152. The van der Waals surface area contributed by atoms with Crippen LogP contribution in [0.2, 0.25) is 0 Å². The summed E-state index contributed by atoms with van der Waals surface area (Å²) in [4.78, 5) is 63.5. The smallest absolute Gasteiger partial charge is 0.265 e. The van der Waals surface area contributed by atoms with E-state index >= 15 is 0 Å². The van der Waals surface area contributed by atoms with Crippen LogP contribution >= 0.6 is 11.3 Å². The zero-order valence-electron chi connectivity index (χ0n) is 23.5. The van der Waals surface area contributed by atoms with Gasteiger partial charge in [0.2, 0.25) is 17.7 Å². The molecule has 39 heavy (non-hydrogen) atoms. The Labute approximate surface area is 234 Å². The van der Waals surface area contributed by atoms with E-state index in [0.29, 0.717) is 56.5 Å². The van der Waals surface area contributed by atoms with Crippen molar-refractivity contribution in [3.05, 3.63) is 16.6 Å². The fraction of sp³-hybridized carbons (Fsp3) is 0.750. The monoisotopic (exact) mass is 559 g/mol. The number of rotatable bonds is 8. The number of hydrogen-bond donors (Lipinski definition) is 1. The molecule has 0 bridgehead atoms. The van der Waals surface area contributed by atoms with Crippen molar-refractivity contribution in [1.29, 1.82) is 0 Å². The molecule has 0 aromatic carbocycles. The number of carbonyl (C=O) groups excluding carboxylic acids is 4. The van der Waals surface area contributed by atoms with Crippen LogP contribution in [0.5, 0.6) is 0 Å². The molecule has 4 heterocycles. The lowest BCUT2D eigenvalue weighted by Crippen LogP contribution is -2.65. The van der Waals surface area contributed by atoms with E-state index in [1.807, 2.05) is 16.7 Å². The molecular weight excluding hydrogens is 518 g/mol. The summed E-state index contributed by atoms with van der Waals surface area (Å²) in [5, 5.41) is 3.05. The Morgan fingerprint density at radius 2 is 1.85 bits per heavy atom. The first kappa shape index (κ1) is 28.0. The number of methoxy groups -OCH3 is 1. The van der Waals surface area contributed by atoms with Crippen molar-refractivity contribution in [2.24, 2.45) is 28.6 Å². The molecule has 4 fully saturated rings. The third-order valence-electron chi connectivity index (χ3n) is 9.29. The minimum absolute atomic E-state index is 0.0336. The molecule has 1 N–H and O–H groups in total. The van der Waals surface area contributed by atoms with Crippen molar-refractivity contribution in [2.75, 3.05) is 53.0 Å². The Hall–Kier alpha value is -2.53. The minimum atomic E-state index is -0.618. The van der Waals surface area contributed by atoms with Crippen LogP contribution in [0.25, 0.3) is 0 Å². The standard InChI is InChI=1S/C28H41N5O5S/c1-5-21(25(36)31-8-6-7-18(11-31)13-38-4)30-23(34)20-12-32(26(37)22-10-29-17-39-22)14-28(20)15-33(16-28)24(35)19-9-27(19,2)3/h10,17-21H,5-9,11-16H2,1-4H3,(H,30,34)/t18-,19+,20-,21-/m0/s1. The molecule has 10 nitrogen and oxygen atoms in total. The van der Waals surface area contributed by atoms with Gasteiger partial charge >= 0.3 is 0 Å². The molecule has 214 valence electrons. The number of hydrogen-bond acceptors (Lipinski definition) is 7. The van der Waals surface area contributed by atoms with Gasteiger partial charge in [0.1, 0.15) is 10.9 Å². The number of piperidine rings is 1. The number of aromatic nitrogens is 1. The molecule has 5 rings (SSSR count). The molecular formula is C28H41N5O5S. The van der Waals surface area contributed by atoms with E-state index in [2.05, 4.69) is 24.1 Å². The predicted molar refractivity (Wildman–Crippen MR) is 146 cm³/mol. The summed E-state index contributed by atoms with van der Waals surface area (Å²) in [5.41, 5.74) is 1.15. The van der Waals surface area contributed by atoms with Crippen molar-refractivity contribution < 1.29 is 23.9 Å². The third-order valence-corrected chi connectivity index (χ3v) is 10.0. The van der Waals surface area contributed by atoms with Gasteiger partial charge in [0.15, 0.2) is 0 Å². The van der Waals surface area contributed by atoms with Crippen LogP contribution in [0.15, 0.2) is 11.7 Å². The highest BCUT2D eigenvalue weighted by molar-refractivity contribution is 7.11. The summed E-state index contributed by atoms with van der Waals surface area (Å²) in [6.45, 7) is 9.65. The second kappa shape index (κ2) is 10.8. The summed E-state index contributed by atoms with van der Waals surface area (Å²) < 4.78 is 5.31. The van der Waals surface area contributed by atoms with Gasteiger partial charge in [-0.25, -0.2) is 0 Å². The minimum Gasteiger partial charge on any atom is -0.384 e. The van der Waals surface area contributed by atoms with Gasteiger partial charge in [-0.2, -0.15) is 0 Å². The molecule has 1 saturated carbocycles. The summed E-state index contributed by atoms with van der Waals surface area (Å²) in [6.07, 6.45) is 4.88. The van der Waals surface area contributed by atoms with E-state index in [9.17, 15) is 19.2 Å². The van der Waals surface area contributed by atoms with Crippen LogP contribution in [-0.2, 0) is 19.1 Å². The summed E-state index contributed by atoms with van der Waals surface area (Å²) in [5.74, 6) is -0.408. The average molecular weight is 560 g/mol. The van der Waals surface area contributed by atoms with Crippen LogP contribution in [0.3, 0.4) is 0 Å². The number of likely N-dealkylation sites (tertiary alicyclic amines) is 3. The number of ether oxygens (including phenoxy) is 1. The van der Waals surface area contributed by atoms with Gasteiger partial charge in [0, 0.05) is 57.7 Å². The highest BCUT2D eigenvalue weighted by Gasteiger charge is 2.62. The second-order valence-corrected chi connectivity index (χ2v) is 13.5. The van der Waals surface area contributed by atoms with Gasteiger partial charge < -0.3 is 24.8 Å². The molecule has 1 aromatic heterocycles. The number of carbonyl (C=O) groups is 4. The zero-order valence-corrected chi connectivity index (χ0v) is 24.3. The van der Waals surface area contributed by atoms with Crippen LogP contribution < -0.4 is 5.32 Å². The summed E-state index contributed by atoms with van der Waals surface area (Å²) >= 11 is 1.28. The first-order valence-corrected chi connectivity index (χ1v) is 15.0. The van der Waals surface area contributed by atoms with E-state index in [4.69, 9.17) is 4.74 Å². The SMILES string of the molecule is CC[C@H](NC(=O)[C@@H]1CN(C(=O)c2cncs2)CC12CN(C(=O)[C@H]1CC1(C)C)C2)C(=O)N1CCC[C@H](COC)C1. The molecule has 4 aliphatic rings. The van der Waals surface area contributed by atoms with Crippen LogP contribution in [0.4, 0.5) is 0 Å². The number of nitrogens with one attached hydrogen (secondary N) is 1. The van der Waals surface area contributed by atoms with E-state index in [-0.39, 0.29) is 41.5 Å². The second-order valence-electron chi connectivity index (χ2n) is 12.6. The average Bonchev–Trinajstić information content (AvgIpc) is 3.28. The lowest BCUT2D eigenvalue weighted by atomic mass is 9.70. The maximum Gasteiger partial charge on any atom is 0.265 e. The summed E-state index contributed by atoms with van der Waals surface area (Å²) in [6, 6.07) is -0.618. The Kier molecular flexibility index (Phi) is 7.76. The maximum absolute atomic E-state index is 13.8. The van der Waals surface area contributed by atoms with Crippen LogP contribution in [0.1, 0.15) is 56.1 Å². The van der Waals surface area contributed by atoms with Gasteiger partial charge in [0.05, 0.1) is 24.2 Å². The van der Waals surface area contributed by atoms with Gasteiger partial charge in [-0.3, -0.25) is 24.2 Å². The van der Waals surface area contributed by atoms with Crippen molar-refractivity contribution in [3.63, 3.8) is 0 Å². The van der Waals surface area contributed by atoms with Gasteiger partial charge in [0.25, 0.3) is 5.91 Å². The normalized spacial score (nSPS) is 27.7. The van der Waals surface area contributed by atoms with Gasteiger partial charge in [-0.1, -0.05) is 20.8 Å². The predicted octanol–water partition coefficient (Wildman–Crippen LogP) is 1.87. The summed E-state index contributed by atoms with van der Waals surface area (Å²) in [7, 11) is 1.68. The van der Waals surface area contributed by atoms with E-state index in [1.54, 1.807) is 23.7 Å². The number of amides is 4. The largest absolute Gasteiger partial charge is 0.384 e. The molecule has 4 atom stereocenters. The van der Waals surface area contributed by atoms with Crippen molar-refractivity contribution in [3.8, 4) is 0 Å². The molecule has 1 aromatic rings. The fourth-order valence-electron chi connectivity index (χ4n) is 6.73. The first-order valence-electron chi connectivity index (χ1n) is 14.1. The molecule has 0 radical (unpaired) electrons. The highest BCUT2D eigenvalue weighted by atomic mass is 32.1. The zero-order chi connectivity index (χ0) is 27.9. The highest BCUT2D eigenvalue weighted by Crippen LogP contribution is 2.54. The molecule has 3 aliphatic heterocycles.